The van der Waals surface area contributed by atoms with Crippen LogP contribution >= 0.6 is 0 Å². The average molecular weight is 232 g/mol. The lowest BCUT2D eigenvalue weighted by atomic mass is 10.3. The molecule has 0 amide bonds. The van der Waals surface area contributed by atoms with E-state index < -0.39 is 0 Å². The number of oxazole rings is 1. The molecule has 0 unspecified atom stereocenters. The Bertz CT molecular complexity index is 705. The van der Waals surface area contributed by atoms with Crippen LogP contribution in [0.1, 0.15) is 11.5 Å². The molecule has 3 aromatic rings. The van der Waals surface area contributed by atoms with Gasteiger partial charge < -0.3 is 14.6 Å². The van der Waals surface area contributed by atoms with Gasteiger partial charge in [-0.3, -0.25) is 4.68 Å². The minimum atomic E-state index is 0.429. The predicted molar refractivity (Wildman–Crippen MR) is 62.4 cm³/mol. The predicted octanol–water partition coefficient (Wildman–Crippen LogP) is 2.02. The van der Waals surface area contributed by atoms with Crippen LogP contribution in [0.15, 0.2) is 15.0 Å². The molecule has 0 spiro atoms. The maximum absolute atomic E-state index is 5.82. The molecule has 0 radical (unpaired) electrons. The molecule has 3 aromatic heterocycles. The van der Waals surface area contributed by atoms with Crippen LogP contribution in [0.5, 0.6) is 0 Å². The van der Waals surface area contributed by atoms with Gasteiger partial charge in [0.15, 0.2) is 0 Å². The Kier molecular flexibility index (Phi) is 1.83. The second kappa shape index (κ2) is 3.13. The van der Waals surface area contributed by atoms with Crippen molar-refractivity contribution in [1.82, 2.24) is 14.8 Å². The molecule has 0 aliphatic rings. The molecule has 3 heterocycles. The van der Waals surface area contributed by atoms with Gasteiger partial charge in [-0.2, -0.15) is 10.1 Å². The first-order valence-corrected chi connectivity index (χ1v) is 5.22. The van der Waals surface area contributed by atoms with Gasteiger partial charge in [0.25, 0.3) is 5.71 Å². The van der Waals surface area contributed by atoms with E-state index in [4.69, 9.17) is 14.6 Å². The topological polar surface area (TPSA) is 83.0 Å². The summed E-state index contributed by atoms with van der Waals surface area (Å²) >= 11 is 0. The fraction of sp³-hybridized carbons (Fsp3) is 0.273. The maximum atomic E-state index is 5.82. The van der Waals surface area contributed by atoms with Crippen molar-refractivity contribution in [2.45, 2.75) is 13.8 Å². The molecular formula is C11H12N4O2. The van der Waals surface area contributed by atoms with Crippen LogP contribution in [0.4, 0.5) is 5.69 Å². The van der Waals surface area contributed by atoms with Crippen molar-refractivity contribution >= 4 is 17.0 Å². The smallest absolute Gasteiger partial charge is 0.268 e. The lowest BCUT2D eigenvalue weighted by molar-refractivity contribution is 0.570. The number of fused-ring (bicyclic) bond motifs is 1. The van der Waals surface area contributed by atoms with Crippen LogP contribution < -0.4 is 5.73 Å². The van der Waals surface area contributed by atoms with Gasteiger partial charge in [-0.15, -0.1) is 0 Å². The summed E-state index contributed by atoms with van der Waals surface area (Å²) in [4.78, 5) is 4.27. The Labute approximate surface area is 97.0 Å². The van der Waals surface area contributed by atoms with E-state index in [9.17, 15) is 0 Å². The first-order valence-electron chi connectivity index (χ1n) is 5.22. The molecule has 0 fully saturated rings. The summed E-state index contributed by atoms with van der Waals surface area (Å²) in [7, 11) is 1.87. The quantitative estimate of drug-likeness (QED) is 0.694. The summed E-state index contributed by atoms with van der Waals surface area (Å²) in [6.07, 6.45) is 1.71. The van der Waals surface area contributed by atoms with Gasteiger partial charge in [0.2, 0.25) is 11.5 Å². The number of anilines is 1. The summed E-state index contributed by atoms with van der Waals surface area (Å²) in [5.74, 6) is 1.11. The van der Waals surface area contributed by atoms with Gasteiger partial charge >= 0.3 is 0 Å². The SMILES string of the molecule is Cc1oc2nc(-c3cnn(C)c3C)oc2c1N. The molecule has 0 atom stereocenters. The minimum Gasteiger partial charge on any atom is -0.438 e. The number of hydrogen-bond donors (Lipinski definition) is 1. The Morgan fingerprint density at radius 1 is 1.29 bits per heavy atom. The van der Waals surface area contributed by atoms with E-state index in [0.29, 0.717) is 28.6 Å². The molecule has 0 aliphatic carbocycles. The van der Waals surface area contributed by atoms with E-state index in [-0.39, 0.29) is 0 Å². The lowest BCUT2D eigenvalue weighted by Gasteiger charge is -1.94. The number of hydrogen-bond acceptors (Lipinski definition) is 5. The van der Waals surface area contributed by atoms with Crippen LogP contribution in [-0.2, 0) is 7.05 Å². The van der Waals surface area contributed by atoms with Gasteiger partial charge in [0, 0.05) is 12.7 Å². The number of aromatic nitrogens is 3. The normalized spacial score (nSPS) is 11.5. The lowest BCUT2D eigenvalue weighted by Crippen LogP contribution is -1.92. The Morgan fingerprint density at radius 3 is 2.65 bits per heavy atom. The molecule has 0 aliphatic heterocycles. The Hall–Kier alpha value is -2.24. The van der Waals surface area contributed by atoms with E-state index >= 15 is 0 Å². The van der Waals surface area contributed by atoms with E-state index in [1.165, 1.54) is 0 Å². The van der Waals surface area contributed by atoms with Gasteiger partial charge in [-0.05, 0) is 13.8 Å². The molecule has 0 bridgehead atoms. The minimum absolute atomic E-state index is 0.429. The zero-order valence-corrected chi connectivity index (χ0v) is 9.81. The molecule has 0 aromatic carbocycles. The number of nitrogens with two attached hydrogens (primary N) is 1. The van der Waals surface area contributed by atoms with E-state index in [1.807, 2.05) is 14.0 Å². The van der Waals surface area contributed by atoms with Crippen LogP contribution in [0.25, 0.3) is 22.8 Å². The van der Waals surface area contributed by atoms with Gasteiger partial charge in [-0.25, -0.2) is 0 Å². The fourth-order valence-corrected chi connectivity index (χ4v) is 1.73. The second-order valence-corrected chi connectivity index (χ2v) is 3.99. The Balaban J connectivity index is 2.22. The van der Waals surface area contributed by atoms with Gasteiger partial charge in [-0.1, -0.05) is 0 Å². The average Bonchev–Trinajstić information content (AvgIpc) is 2.90. The van der Waals surface area contributed by atoms with Crippen LogP contribution in [0, 0.1) is 13.8 Å². The third-order valence-corrected chi connectivity index (χ3v) is 2.94. The van der Waals surface area contributed by atoms with Crippen molar-refractivity contribution in [3.8, 4) is 11.5 Å². The highest BCUT2D eigenvalue weighted by atomic mass is 16.4. The molecule has 88 valence electrons. The maximum Gasteiger partial charge on any atom is 0.268 e. The molecule has 6 heteroatoms. The number of rotatable bonds is 1. The van der Waals surface area contributed by atoms with Crippen molar-refractivity contribution in [3.05, 3.63) is 17.7 Å². The van der Waals surface area contributed by atoms with E-state index in [0.717, 1.165) is 11.3 Å². The molecule has 3 rings (SSSR count). The number of furan rings is 1. The van der Waals surface area contributed by atoms with Crippen molar-refractivity contribution in [2.24, 2.45) is 7.05 Å². The van der Waals surface area contributed by atoms with Crippen LogP contribution in [0.3, 0.4) is 0 Å². The zero-order valence-electron chi connectivity index (χ0n) is 9.81. The number of aryl methyl sites for hydroxylation is 2. The first kappa shape index (κ1) is 9.95. The van der Waals surface area contributed by atoms with Gasteiger partial charge in [0.05, 0.1) is 11.8 Å². The zero-order chi connectivity index (χ0) is 12.2. The summed E-state index contributed by atoms with van der Waals surface area (Å²) in [5.41, 5.74) is 9.07. The highest BCUT2D eigenvalue weighted by Crippen LogP contribution is 2.32. The van der Waals surface area contributed by atoms with Crippen molar-refractivity contribution in [1.29, 1.82) is 0 Å². The van der Waals surface area contributed by atoms with Crippen LogP contribution in [-0.4, -0.2) is 14.8 Å². The monoisotopic (exact) mass is 232 g/mol. The molecule has 0 saturated carbocycles. The highest BCUT2D eigenvalue weighted by Gasteiger charge is 2.19. The van der Waals surface area contributed by atoms with E-state index in [1.54, 1.807) is 17.8 Å². The summed E-state index contributed by atoms with van der Waals surface area (Å²) < 4.78 is 12.8. The molecule has 6 nitrogen and oxygen atoms in total. The van der Waals surface area contributed by atoms with E-state index in [2.05, 4.69) is 10.1 Å². The van der Waals surface area contributed by atoms with Crippen molar-refractivity contribution < 1.29 is 8.83 Å². The fourth-order valence-electron chi connectivity index (χ4n) is 1.73. The third kappa shape index (κ3) is 1.27. The second-order valence-electron chi connectivity index (χ2n) is 3.99. The van der Waals surface area contributed by atoms with Crippen molar-refractivity contribution in [3.63, 3.8) is 0 Å². The highest BCUT2D eigenvalue weighted by molar-refractivity contribution is 5.84. The number of nitrogen functional groups attached to an aromatic ring is 1. The molecule has 0 saturated heterocycles. The third-order valence-electron chi connectivity index (χ3n) is 2.94. The van der Waals surface area contributed by atoms with Crippen LogP contribution in [0.2, 0.25) is 0 Å². The molecular weight excluding hydrogens is 220 g/mol. The molecule has 2 N–H and O–H groups in total. The summed E-state index contributed by atoms with van der Waals surface area (Å²) in [6, 6.07) is 0. The largest absolute Gasteiger partial charge is 0.438 e. The van der Waals surface area contributed by atoms with Gasteiger partial charge in [0.1, 0.15) is 11.4 Å². The Morgan fingerprint density at radius 2 is 2.06 bits per heavy atom. The molecule has 17 heavy (non-hydrogen) atoms. The summed E-state index contributed by atoms with van der Waals surface area (Å²) in [5, 5.41) is 4.14. The number of nitrogens with zero attached hydrogens (tertiary/aromatic N) is 3. The first-order chi connectivity index (χ1) is 8.08. The summed E-state index contributed by atoms with van der Waals surface area (Å²) in [6.45, 7) is 3.73. The van der Waals surface area contributed by atoms with Crippen molar-refractivity contribution in [2.75, 3.05) is 5.73 Å². The standard InChI is InChI=1S/C11H12N4O2/c1-5-7(4-13-15(5)3)10-14-11-9(17-10)8(12)6(2)16-11/h4H,12H2,1-3H3.